The van der Waals surface area contributed by atoms with Crippen LogP contribution < -0.4 is 5.73 Å². The van der Waals surface area contributed by atoms with Gasteiger partial charge in [0.15, 0.2) is 0 Å². The van der Waals surface area contributed by atoms with Gasteiger partial charge >= 0.3 is 5.97 Å². The molecule has 5 nitrogen and oxygen atoms in total. The van der Waals surface area contributed by atoms with Gasteiger partial charge in [0.2, 0.25) is 0 Å². The van der Waals surface area contributed by atoms with Gasteiger partial charge in [0, 0.05) is 17.9 Å². The molecule has 0 atom stereocenters. The van der Waals surface area contributed by atoms with E-state index in [0.717, 1.165) is 11.3 Å². The molecule has 1 aromatic carbocycles. The largest absolute Gasteiger partial charge is 0.456 e. The fraction of sp³-hybridized carbons (Fsp3) is 0.333. The Morgan fingerprint density at radius 2 is 2.15 bits per heavy atom. The molecule has 0 unspecified atom stereocenters. The zero-order chi connectivity index (χ0) is 14.7. The zero-order valence-corrected chi connectivity index (χ0v) is 12.0. The SMILES string of the molecule is Cc1ccc(C(=O)OCc2ccn(C(C)C)n2)cc1N. The lowest BCUT2D eigenvalue weighted by molar-refractivity contribution is 0.0467. The number of aromatic nitrogens is 2. The highest BCUT2D eigenvalue weighted by Gasteiger charge is 2.10. The number of rotatable bonds is 4. The monoisotopic (exact) mass is 273 g/mol. The minimum absolute atomic E-state index is 0.159. The minimum Gasteiger partial charge on any atom is -0.456 e. The highest BCUT2D eigenvalue weighted by molar-refractivity contribution is 5.90. The molecule has 0 bridgehead atoms. The Kier molecular flexibility index (Phi) is 4.08. The van der Waals surface area contributed by atoms with Crippen molar-refractivity contribution in [1.82, 2.24) is 9.78 Å². The molecule has 0 fully saturated rings. The number of carbonyl (C=O) groups excluding carboxylic acids is 1. The first-order chi connectivity index (χ1) is 9.47. The zero-order valence-electron chi connectivity index (χ0n) is 12.0. The number of nitrogens with two attached hydrogens (primary N) is 1. The highest BCUT2D eigenvalue weighted by Crippen LogP contribution is 2.14. The van der Waals surface area contributed by atoms with E-state index >= 15 is 0 Å². The van der Waals surface area contributed by atoms with Crippen molar-refractivity contribution in [3.8, 4) is 0 Å². The number of carbonyl (C=O) groups is 1. The van der Waals surface area contributed by atoms with Gasteiger partial charge in [-0.1, -0.05) is 6.07 Å². The molecule has 0 aliphatic carbocycles. The number of nitrogens with zero attached hydrogens (tertiary/aromatic N) is 2. The van der Waals surface area contributed by atoms with Crippen molar-refractivity contribution in [2.24, 2.45) is 0 Å². The van der Waals surface area contributed by atoms with Gasteiger partial charge in [-0.15, -0.1) is 0 Å². The van der Waals surface area contributed by atoms with E-state index in [0.29, 0.717) is 11.3 Å². The number of anilines is 1. The lowest BCUT2D eigenvalue weighted by Crippen LogP contribution is -2.07. The molecule has 0 spiro atoms. The summed E-state index contributed by atoms with van der Waals surface area (Å²) < 4.78 is 7.06. The van der Waals surface area contributed by atoms with Crippen molar-refractivity contribution in [3.05, 3.63) is 47.3 Å². The Morgan fingerprint density at radius 3 is 2.75 bits per heavy atom. The fourth-order valence-electron chi connectivity index (χ4n) is 1.73. The van der Waals surface area contributed by atoms with E-state index in [2.05, 4.69) is 5.10 Å². The van der Waals surface area contributed by atoms with E-state index in [1.807, 2.05) is 37.7 Å². The van der Waals surface area contributed by atoms with Crippen molar-refractivity contribution >= 4 is 11.7 Å². The van der Waals surface area contributed by atoms with Gasteiger partial charge in [-0.2, -0.15) is 5.10 Å². The van der Waals surface area contributed by atoms with E-state index in [1.54, 1.807) is 18.2 Å². The van der Waals surface area contributed by atoms with Crippen LogP contribution in [0.5, 0.6) is 0 Å². The summed E-state index contributed by atoms with van der Waals surface area (Å²) in [7, 11) is 0. The molecule has 2 N–H and O–H groups in total. The van der Waals surface area contributed by atoms with Crippen LogP contribution in [0.15, 0.2) is 30.5 Å². The molecule has 5 heteroatoms. The molecule has 0 amide bonds. The molecule has 20 heavy (non-hydrogen) atoms. The predicted octanol–water partition coefficient (Wildman–Crippen LogP) is 2.71. The van der Waals surface area contributed by atoms with Crippen LogP contribution in [-0.2, 0) is 11.3 Å². The molecule has 2 aromatic rings. The lowest BCUT2D eigenvalue weighted by atomic mass is 10.1. The smallest absolute Gasteiger partial charge is 0.338 e. The first-order valence-electron chi connectivity index (χ1n) is 6.54. The van der Waals surface area contributed by atoms with Gasteiger partial charge in [-0.25, -0.2) is 4.79 Å². The van der Waals surface area contributed by atoms with Crippen LogP contribution in [0, 0.1) is 6.92 Å². The van der Waals surface area contributed by atoms with E-state index in [9.17, 15) is 4.79 Å². The van der Waals surface area contributed by atoms with E-state index in [1.165, 1.54) is 0 Å². The summed E-state index contributed by atoms with van der Waals surface area (Å²) >= 11 is 0. The number of nitrogen functional groups attached to an aromatic ring is 1. The molecule has 1 aromatic heterocycles. The van der Waals surface area contributed by atoms with Crippen LogP contribution >= 0.6 is 0 Å². The van der Waals surface area contributed by atoms with Crippen molar-refractivity contribution in [1.29, 1.82) is 0 Å². The summed E-state index contributed by atoms with van der Waals surface area (Å²) in [5.41, 5.74) is 8.49. The Morgan fingerprint density at radius 1 is 1.40 bits per heavy atom. The van der Waals surface area contributed by atoms with Gasteiger partial charge in [-0.05, 0) is 44.5 Å². The van der Waals surface area contributed by atoms with Gasteiger partial charge in [0.25, 0.3) is 0 Å². The molecule has 2 rings (SSSR count). The summed E-state index contributed by atoms with van der Waals surface area (Å²) in [6.07, 6.45) is 1.87. The van der Waals surface area contributed by atoms with Crippen LogP contribution in [0.1, 0.15) is 41.5 Å². The van der Waals surface area contributed by atoms with Gasteiger partial charge in [-0.3, -0.25) is 4.68 Å². The first kappa shape index (κ1) is 14.1. The van der Waals surface area contributed by atoms with Crippen LogP contribution in [-0.4, -0.2) is 15.7 Å². The summed E-state index contributed by atoms with van der Waals surface area (Å²) in [6, 6.07) is 7.28. The molecule has 1 heterocycles. The van der Waals surface area contributed by atoms with Crippen molar-refractivity contribution in [2.45, 2.75) is 33.4 Å². The second-order valence-electron chi connectivity index (χ2n) is 5.03. The predicted molar refractivity (Wildman–Crippen MR) is 77.3 cm³/mol. The number of benzene rings is 1. The summed E-state index contributed by atoms with van der Waals surface area (Å²) in [5, 5.41) is 4.32. The first-order valence-corrected chi connectivity index (χ1v) is 6.54. The molecular weight excluding hydrogens is 254 g/mol. The number of hydrogen-bond acceptors (Lipinski definition) is 4. The average molecular weight is 273 g/mol. The third kappa shape index (κ3) is 3.17. The Labute approximate surface area is 118 Å². The molecule has 0 aliphatic rings. The van der Waals surface area contributed by atoms with Crippen LogP contribution in [0.4, 0.5) is 5.69 Å². The number of esters is 1. The van der Waals surface area contributed by atoms with Gasteiger partial charge < -0.3 is 10.5 Å². The average Bonchev–Trinajstić information content (AvgIpc) is 2.88. The molecule has 0 saturated carbocycles. The van der Waals surface area contributed by atoms with Gasteiger partial charge in [0.1, 0.15) is 6.61 Å². The summed E-state index contributed by atoms with van der Waals surface area (Å²) in [5.74, 6) is -0.393. The van der Waals surface area contributed by atoms with E-state index in [4.69, 9.17) is 10.5 Å². The maximum Gasteiger partial charge on any atom is 0.338 e. The van der Waals surface area contributed by atoms with Gasteiger partial charge in [0.05, 0.1) is 11.3 Å². The maximum atomic E-state index is 11.9. The van der Waals surface area contributed by atoms with Crippen LogP contribution in [0.3, 0.4) is 0 Å². The molecule has 0 saturated heterocycles. The lowest BCUT2D eigenvalue weighted by Gasteiger charge is -2.06. The van der Waals surface area contributed by atoms with Crippen LogP contribution in [0.2, 0.25) is 0 Å². The third-order valence-corrected chi connectivity index (χ3v) is 3.06. The number of aryl methyl sites for hydroxylation is 1. The van der Waals surface area contributed by atoms with E-state index < -0.39 is 5.97 Å². The molecule has 0 aliphatic heterocycles. The number of hydrogen-bond donors (Lipinski definition) is 1. The molecule has 0 radical (unpaired) electrons. The van der Waals surface area contributed by atoms with Crippen molar-refractivity contribution in [3.63, 3.8) is 0 Å². The van der Waals surface area contributed by atoms with Crippen LogP contribution in [0.25, 0.3) is 0 Å². The summed E-state index contributed by atoms with van der Waals surface area (Å²) in [6.45, 7) is 6.13. The quantitative estimate of drug-likeness (QED) is 0.687. The Bertz CT molecular complexity index is 617. The summed E-state index contributed by atoms with van der Waals surface area (Å²) in [4.78, 5) is 11.9. The van der Waals surface area contributed by atoms with E-state index in [-0.39, 0.29) is 12.6 Å². The molecular formula is C15H19N3O2. The minimum atomic E-state index is -0.393. The second kappa shape index (κ2) is 5.77. The second-order valence-corrected chi connectivity index (χ2v) is 5.03. The van der Waals surface area contributed by atoms with Crippen molar-refractivity contribution in [2.75, 3.05) is 5.73 Å². The Balaban J connectivity index is 1.99. The molecule has 106 valence electrons. The standard InChI is InChI=1S/C15H19N3O2/c1-10(2)18-7-6-13(17-18)9-20-15(19)12-5-4-11(3)14(16)8-12/h4-8,10H,9,16H2,1-3H3. The number of ether oxygens (including phenoxy) is 1. The normalized spacial score (nSPS) is 10.8. The van der Waals surface area contributed by atoms with Crippen molar-refractivity contribution < 1.29 is 9.53 Å². The highest BCUT2D eigenvalue weighted by atomic mass is 16.5. The maximum absolute atomic E-state index is 11.9. The Hall–Kier alpha value is -2.30. The fourth-order valence-corrected chi connectivity index (χ4v) is 1.73. The third-order valence-electron chi connectivity index (χ3n) is 3.06. The topological polar surface area (TPSA) is 70.1 Å².